The minimum absolute atomic E-state index is 0.0278. The normalized spacial score (nSPS) is 15.7. The zero-order chi connectivity index (χ0) is 18.8. The average molecular weight is 359 g/mol. The molecule has 1 unspecified atom stereocenters. The molecular weight excluding hydrogens is 342 g/mol. The molecule has 0 aliphatic carbocycles. The summed E-state index contributed by atoms with van der Waals surface area (Å²) < 4.78 is 21.9. The van der Waals surface area contributed by atoms with E-state index in [0.717, 1.165) is 0 Å². The van der Waals surface area contributed by atoms with Gasteiger partial charge in [-0.2, -0.15) is 0 Å². The van der Waals surface area contributed by atoms with Gasteiger partial charge in [-0.3, -0.25) is 14.9 Å². The van der Waals surface area contributed by atoms with Crippen molar-refractivity contribution < 1.29 is 28.7 Å². The third-order valence-corrected chi connectivity index (χ3v) is 4.17. The van der Waals surface area contributed by atoms with Gasteiger partial charge in [0.05, 0.1) is 32.7 Å². The molecule has 26 heavy (non-hydrogen) atoms. The van der Waals surface area contributed by atoms with Gasteiger partial charge in [0.1, 0.15) is 17.4 Å². The summed E-state index contributed by atoms with van der Waals surface area (Å²) in [6, 6.07) is 7.60. The number of hydrogen-bond donors (Lipinski definition) is 0. The number of methoxy groups -OCH3 is 3. The molecular formula is C18H17NO7. The van der Waals surface area contributed by atoms with Crippen LogP contribution < -0.4 is 18.9 Å². The number of nitrogens with zero attached hydrogens (tertiary/aromatic N) is 1. The van der Waals surface area contributed by atoms with Crippen LogP contribution in [-0.4, -0.2) is 32.0 Å². The van der Waals surface area contributed by atoms with Crippen LogP contribution in [0.15, 0.2) is 30.3 Å². The van der Waals surface area contributed by atoms with Crippen LogP contribution in [-0.2, 0) is 0 Å². The highest BCUT2D eigenvalue weighted by Gasteiger charge is 2.34. The van der Waals surface area contributed by atoms with Gasteiger partial charge in [0, 0.05) is 18.2 Å². The first-order valence-corrected chi connectivity index (χ1v) is 7.77. The van der Waals surface area contributed by atoms with Crippen LogP contribution in [0.3, 0.4) is 0 Å². The maximum absolute atomic E-state index is 12.7. The number of nitro benzene ring substituents is 1. The highest BCUT2D eigenvalue weighted by atomic mass is 16.6. The molecule has 0 saturated carbocycles. The number of fused-ring (bicyclic) bond motifs is 1. The third kappa shape index (κ3) is 2.90. The van der Waals surface area contributed by atoms with Crippen LogP contribution in [0.1, 0.15) is 28.4 Å². The molecule has 0 saturated heterocycles. The Morgan fingerprint density at radius 2 is 1.85 bits per heavy atom. The predicted octanol–water partition coefficient (Wildman–Crippen LogP) is 3.33. The predicted molar refractivity (Wildman–Crippen MR) is 91.5 cm³/mol. The topological polar surface area (TPSA) is 97.1 Å². The van der Waals surface area contributed by atoms with E-state index in [4.69, 9.17) is 18.9 Å². The Kier molecular flexibility index (Phi) is 4.66. The van der Waals surface area contributed by atoms with Crippen molar-refractivity contribution in [1.29, 1.82) is 0 Å². The molecule has 8 nitrogen and oxygen atoms in total. The molecule has 1 atom stereocenters. The lowest BCUT2D eigenvalue weighted by Crippen LogP contribution is -2.21. The lowest BCUT2D eigenvalue weighted by molar-refractivity contribution is -0.385. The maximum atomic E-state index is 12.7. The smallest absolute Gasteiger partial charge is 0.269 e. The van der Waals surface area contributed by atoms with Gasteiger partial charge in [0.25, 0.3) is 5.69 Å². The van der Waals surface area contributed by atoms with Crippen molar-refractivity contribution in [2.24, 2.45) is 0 Å². The zero-order valence-corrected chi connectivity index (χ0v) is 14.5. The van der Waals surface area contributed by atoms with Crippen LogP contribution >= 0.6 is 0 Å². The minimum Gasteiger partial charge on any atom is -0.493 e. The number of carbonyl (C=O) groups is 1. The molecule has 1 aliphatic heterocycles. The van der Waals surface area contributed by atoms with Crippen molar-refractivity contribution in [3.8, 4) is 23.0 Å². The second-order valence-electron chi connectivity index (χ2n) is 5.60. The Hall–Kier alpha value is -3.29. The Morgan fingerprint density at radius 3 is 2.46 bits per heavy atom. The Labute approximate surface area is 149 Å². The molecule has 0 spiro atoms. The van der Waals surface area contributed by atoms with Crippen molar-refractivity contribution >= 4 is 11.5 Å². The highest BCUT2D eigenvalue weighted by Crippen LogP contribution is 2.49. The lowest BCUT2D eigenvalue weighted by Gasteiger charge is -2.28. The molecule has 2 aromatic carbocycles. The van der Waals surface area contributed by atoms with E-state index >= 15 is 0 Å². The number of carbonyl (C=O) groups excluding carboxylic acids is 1. The number of benzene rings is 2. The molecule has 1 aliphatic rings. The summed E-state index contributed by atoms with van der Waals surface area (Å²) in [5.41, 5.74) is 0.757. The molecule has 0 amide bonds. The highest BCUT2D eigenvalue weighted by molar-refractivity contribution is 6.04. The number of rotatable bonds is 5. The largest absolute Gasteiger partial charge is 0.493 e. The van der Waals surface area contributed by atoms with E-state index < -0.39 is 11.0 Å². The number of hydrogen-bond acceptors (Lipinski definition) is 7. The lowest BCUT2D eigenvalue weighted by atomic mass is 9.95. The fourth-order valence-corrected chi connectivity index (χ4v) is 2.98. The van der Waals surface area contributed by atoms with Gasteiger partial charge in [-0.05, 0) is 5.56 Å². The second-order valence-corrected chi connectivity index (χ2v) is 5.60. The van der Waals surface area contributed by atoms with Crippen LogP contribution in [0.25, 0.3) is 0 Å². The van der Waals surface area contributed by atoms with Crippen molar-refractivity contribution in [3.63, 3.8) is 0 Å². The summed E-state index contributed by atoms with van der Waals surface area (Å²) >= 11 is 0. The number of non-ortho nitro benzene ring substituents is 1. The summed E-state index contributed by atoms with van der Waals surface area (Å²) in [7, 11) is 4.34. The monoisotopic (exact) mass is 359 g/mol. The van der Waals surface area contributed by atoms with Crippen molar-refractivity contribution in [2.75, 3.05) is 21.3 Å². The summed E-state index contributed by atoms with van der Waals surface area (Å²) in [5.74, 6) is 0.979. The van der Waals surface area contributed by atoms with E-state index in [1.807, 2.05) is 0 Å². The van der Waals surface area contributed by atoms with E-state index in [9.17, 15) is 14.9 Å². The first-order valence-electron chi connectivity index (χ1n) is 7.77. The van der Waals surface area contributed by atoms with Crippen LogP contribution in [0.4, 0.5) is 5.69 Å². The van der Waals surface area contributed by atoms with Gasteiger partial charge in [0.15, 0.2) is 17.3 Å². The summed E-state index contributed by atoms with van der Waals surface area (Å²) in [4.78, 5) is 23.2. The molecule has 2 aromatic rings. The van der Waals surface area contributed by atoms with Crippen LogP contribution in [0.5, 0.6) is 23.0 Å². The molecule has 0 radical (unpaired) electrons. The van der Waals surface area contributed by atoms with Crippen LogP contribution in [0, 0.1) is 10.1 Å². The van der Waals surface area contributed by atoms with Crippen LogP contribution in [0.2, 0.25) is 0 Å². The first-order chi connectivity index (χ1) is 12.5. The maximum Gasteiger partial charge on any atom is 0.269 e. The molecule has 0 fully saturated rings. The molecule has 8 heteroatoms. The van der Waals surface area contributed by atoms with Gasteiger partial charge < -0.3 is 18.9 Å². The number of nitro groups is 1. The van der Waals surface area contributed by atoms with E-state index in [-0.39, 0.29) is 35.0 Å². The molecule has 0 bridgehead atoms. The van der Waals surface area contributed by atoms with Crippen molar-refractivity contribution in [2.45, 2.75) is 12.5 Å². The summed E-state index contributed by atoms with van der Waals surface area (Å²) in [6.45, 7) is 0. The van der Waals surface area contributed by atoms with E-state index in [1.54, 1.807) is 18.2 Å². The molecule has 0 aromatic heterocycles. The second kappa shape index (κ2) is 6.91. The number of ketones is 1. The van der Waals surface area contributed by atoms with Gasteiger partial charge >= 0.3 is 0 Å². The summed E-state index contributed by atoms with van der Waals surface area (Å²) in [6.07, 6.45) is -0.613. The van der Waals surface area contributed by atoms with Gasteiger partial charge in [0.2, 0.25) is 5.75 Å². The number of Topliss-reactive ketones (excluding diaryl/α,β-unsaturated/α-hetero) is 1. The average Bonchev–Trinajstić information content (AvgIpc) is 2.66. The van der Waals surface area contributed by atoms with Crippen molar-refractivity contribution in [3.05, 3.63) is 51.6 Å². The van der Waals surface area contributed by atoms with Gasteiger partial charge in [-0.1, -0.05) is 12.1 Å². The van der Waals surface area contributed by atoms with Gasteiger partial charge in [-0.15, -0.1) is 0 Å². The van der Waals surface area contributed by atoms with E-state index in [2.05, 4.69) is 0 Å². The number of ether oxygens (including phenoxy) is 4. The quantitative estimate of drug-likeness (QED) is 0.596. The Morgan fingerprint density at radius 1 is 1.12 bits per heavy atom. The van der Waals surface area contributed by atoms with E-state index in [1.165, 1.54) is 33.5 Å². The fraction of sp³-hybridized carbons (Fsp3) is 0.278. The molecule has 1 heterocycles. The minimum atomic E-state index is -0.641. The molecule has 0 N–H and O–H groups in total. The molecule has 3 rings (SSSR count). The zero-order valence-electron chi connectivity index (χ0n) is 14.5. The third-order valence-electron chi connectivity index (χ3n) is 4.17. The van der Waals surface area contributed by atoms with E-state index in [0.29, 0.717) is 17.1 Å². The first kappa shape index (κ1) is 17.5. The summed E-state index contributed by atoms with van der Waals surface area (Å²) in [5, 5.41) is 11.0. The van der Waals surface area contributed by atoms with Crippen molar-refractivity contribution in [1.82, 2.24) is 0 Å². The Balaban J connectivity index is 2.07. The molecule has 136 valence electrons. The fourth-order valence-electron chi connectivity index (χ4n) is 2.98. The van der Waals surface area contributed by atoms with Gasteiger partial charge in [-0.25, -0.2) is 0 Å². The standard InChI is InChI=1S/C18H17NO7/c1-23-15-9-14-16(18(25-3)17(15)24-2)12(20)8-13(26-14)10-5-4-6-11(7-10)19(21)22/h4-7,9,13H,8H2,1-3H3. The Bertz CT molecular complexity index is 878. The SMILES string of the molecule is COc1cc2c(c(OC)c1OC)C(=O)CC(c1cccc([N+](=O)[O-])c1)O2.